The number of carbonyl (C=O) groups is 1. The average Bonchev–Trinajstić information content (AvgIpc) is 2.38. The predicted octanol–water partition coefficient (Wildman–Crippen LogP) is 2.98. The van der Waals surface area contributed by atoms with E-state index in [2.05, 4.69) is 0 Å². The number of carbonyl (C=O) groups excluding carboxylic acids is 1. The number of amides is 1. The summed E-state index contributed by atoms with van der Waals surface area (Å²) in [6.45, 7) is 1.99. The fourth-order valence-electron chi connectivity index (χ4n) is 1.75. The van der Waals surface area contributed by atoms with Crippen LogP contribution >= 0.6 is 0 Å². The second kappa shape index (κ2) is 4.92. The minimum atomic E-state index is -0.0967. The monoisotopic (exact) mass is 241 g/mol. The van der Waals surface area contributed by atoms with Crippen molar-refractivity contribution in [1.29, 1.82) is 0 Å². The standard InChI is InChI=1S/C15H15NO2/c1-11-4-3-5-13(10-11)16(2)15(18)12-6-8-14(17)9-7-12/h3-10,17H,1-2H3. The number of hydrogen-bond acceptors (Lipinski definition) is 2. The molecule has 0 radical (unpaired) electrons. The molecule has 0 atom stereocenters. The quantitative estimate of drug-likeness (QED) is 0.878. The molecule has 0 aromatic heterocycles. The van der Waals surface area contributed by atoms with Gasteiger partial charge in [0.15, 0.2) is 0 Å². The number of nitrogens with zero attached hydrogens (tertiary/aromatic N) is 1. The van der Waals surface area contributed by atoms with Gasteiger partial charge in [-0.1, -0.05) is 12.1 Å². The first-order chi connectivity index (χ1) is 8.58. The van der Waals surface area contributed by atoms with Gasteiger partial charge in [-0.05, 0) is 48.9 Å². The fourth-order valence-corrected chi connectivity index (χ4v) is 1.75. The van der Waals surface area contributed by atoms with Gasteiger partial charge in [0.1, 0.15) is 5.75 Å². The highest BCUT2D eigenvalue weighted by molar-refractivity contribution is 6.05. The van der Waals surface area contributed by atoms with E-state index in [1.807, 2.05) is 31.2 Å². The molecule has 2 rings (SSSR count). The molecule has 2 aromatic carbocycles. The molecule has 92 valence electrons. The third kappa shape index (κ3) is 2.51. The summed E-state index contributed by atoms with van der Waals surface area (Å²) >= 11 is 0. The lowest BCUT2D eigenvalue weighted by atomic mass is 10.1. The number of phenolic OH excluding ortho intramolecular Hbond substituents is 1. The van der Waals surface area contributed by atoms with Crippen molar-refractivity contribution >= 4 is 11.6 Å². The zero-order valence-corrected chi connectivity index (χ0v) is 10.4. The number of benzene rings is 2. The first-order valence-corrected chi connectivity index (χ1v) is 5.71. The molecule has 0 aliphatic rings. The van der Waals surface area contributed by atoms with Crippen molar-refractivity contribution in [1.82, 2.24) is 0 Å². The van der Waals surface area contributed by atoms with Crippen LogP contribution in [0.1, 0.15) is 15.9 Å². The number of aryl methyl sites for hydroxylation is 1. The van der Waals surface area contributed by atoms with Crippen molar-refractivity contribution in [2.45, 2.75) is 6.92 Å². The number of anilines is 1. The summed E-state index contributed by atoms with van der Waals surface area (Å²) in [5, 5.41) is 9.21. The van der Waals surface area contributed by atoms with E-state index in [1.54, 1.807) is 24.1 Å². The summed E-state index contributed by atoms with van der Waals surface area (Å²) in [5.41, 5.74) is 2.52. The zero-order valence-electron chi connectivity index (χ0n) is 10.4. The number of phenols is 1. The molecule has 0 aliphatic heterocycles. The Bertz CT molecular complexity index is 561. The van der Waals surface area contributed by atoms with Gasteiger partial charge >= 0.3 is 0 Å². The Labute approximate surface area is 106 Å². The molecule has 0 saturated carbocycles. The minimum absolute atomic E-state index is 0.0967. The molecule has 0 saturated heterocycles. The molecule has 1 amide bonds. The summed E-state index contributed by atoms with van der Waals surface area (Å²) in [6, 6.07) is 14.0. The van der Waals surface area contributed by atoms with Gasteiger partial charge in [-0.3, -0.25) is 4.79 Å². The maximum Gasteiger partial charge on any atom is 0.258 e. The van der Waals surface area contributed by atoms with Crippen LogP contribution in [0.4, 0.5) is 5.69 Å². The first kappa shape index (κ1) is 12.2. The number of aromatic hydroxyl groups is 1. The molecule has 0 aliphatic carbocycles. The maximum atomic E-state index is 12.2. The molecule has 2 aromatic rings. The van der Waals surface area contributed by atoms with Gasteiger partial charge in [0.25, 0.3) is 5.91 Å². The Kier molecular flexibility index (Phi) is 3.33. The van der Waals surface area contributed by atoms with Crippen molar-refractivity contribution in [3.63, 3.8) is 0 Å². The maximum absolute atomic E-state index is 12.2. The highest BCUT2D eigenvalue weighted by Crippen LogP contribution is 2.18. The summed E-state index contributed by atoms with van der Waals surface area (Å²) < 4.78 is 0. The van der Waals surface area contributed by atoms with Crippen molar-refractivity contribution in [3.8, 4) is 5.75 Å². The molecule has 0 spiro atoms. The normalized spacial score (nSPS) is 10.1. The topological polar surface area (TPSA) is 40.5 Å². The first-order valence-electron chi connectivity index (χ1n) is 5.71. The fraction of sp³-hybridized carbons (Fsp3) is 0.133. The van der Waals surface area contributed by atoms with E-state index in [0.717, 1.165) is 11.3 Å². The smallest absolute Gasteiger partial charge is 0.258 e. The largest absolute Gasteiger partial charge is 0.508 e. The van der Waals surface area contributed by atoms with E-state index >= 15 is 0 Å². The highest BCUT2D eigenvalue weighted by atomic mass is 16.3. The Morgan fingerprint density at radius 2 is 1.78 bits per heavy atom. The van der Waals surface area contributed by atoms with Crippen LogP contribution in [0.3, 0.4) is 0 Å². The van der Waals surface area contributed by atoms with E-state index in [9.17, 15) is 9.90 Å². The SMILES string of the molecule is Cc1cccc(N(C)C(=O)c2ccc(O)cc2)c1. The molecule has 0 heterocycles. The van der Waals surface area contributed by atoms with Crippen LogP contribution in [0.15, 0.2) is 48.5 Å². The Morgan fingerprint density at radius 1 is 1.11 bits per heavy atom. The van der Waals surface area contributed by atoms with Crippen LogP contribution in [-0.4, -0.2) is 18.1 Å². The van der Waals surface area contributed by atoms with Gasteiger partial charge in [0, 0.05) is 18.3 Å². The third-order valence-electron chi connectivity index (χ3n) is 2.81. The minimum Gasteiger partial charge on any atom is -0.508 e. The Hall–Kier alpha value is -2.29. The molecular formula is C15H15NO2. The number of rotatable bonds is 2. The van der Waals surface area contributed by atoms with E-state index in [1.165, 1.54) is 12.1 Å². The average molecular weight is 241 g/mol. The Morgan fingerprint density at radius 3 is 2.39 bits per heavy atom. The second-order valence-electron chi connectivity index (χ2n) is 4.25. The van der Waals surface area contributed by atoms with Crippen LogP contribution in [0.2, 0.25) is 0 Å². The molecule has 3 nitrogen and oxygen atoms in total. The van der Waals surface area contributed by atoms with E-state index in [-0.39, 0.29) is 11.7 Å². The molecule has 0 fully saturated rings. The lowest BCUT2D eigenvalue weighted by Crippen LogP contribution is -2.26. The third-order valence-corrected chi connectivity index (χ3v) is 2.81. The summed E-state index contributed by atoms with van der Waals surface area (Å²) in [7, 11) is 1.74. The molecule has 0 unspecified atom stereocenters. The highest BCUT2D eigenvalue weighted by Gasteiger charge is 2.13. The van der Waals surface area contributed by atoms with E-state index in [0.29, 0.717) is 5.56 Å². The van der Waals surface area contributed by atoms with Crippen LogP contribution in [0.25, 0.3) is 0 Å². The summed E-state index contributed by atoms with van der Waals surface area (Å²) in [6.07, 6.45) is 0. The van der Waals surface area contributed by atoms with Gasteiger partial charge < -0.3 is 10.0 Å². The van der Waals surface area contributed by atoms with Gasteiger partial charge in [0.2, 0.25) is 0 Å². The van der Waals surface area contributed by atoms with Crippen LogP contribution in [0, 0.1) is 6.92 Å². The zero-order chi connectivity index (χ0) is 13.1. The van der Waals surface area contributed by atoms with Gasteiger partial charge in [-0.2, -0.15) is 0 Å². The van der Waals surface area contributed by atoms with Gasteiger partial charge in [0.05, 0.1) is 0 Å². The van der Waals surface area contributed by atoms with Gasteiger partial charge in [-0.15, -0.1) is 0 Å². The molecule has 1 N–H and O–H groups in total. The van der Waals surface area contributed by atoms with Gasteiger partial charge in [-0.25, -0.2) is 0 Å². The van der Waals surface area contributed by atoms with Crippen LogP contribution < -0.4 is 4.90 Å². The lowest BCUT2D eigenvalue weighted by Gasteiger charge is -2.17. The van der Waals surface area contributed by atoms with Crippen LogP contribution in [0.5, 0.6) is 5.75 Å². The summed E-state index contributed by atoms with van der Waals surface area (Å²) in [4.78, 5) is 13.8. The number of hydrogen-bond donors (Lipinski definition) is 1. The lowest BCUT2D eigenvalue weighted by molar-refractivity contribution is 0.0993. The molecular weight excluding hydrogens is 226 g/mol. The molecule has 0 bridgehead atoms. The predicted molar refractivity (Wildman–Crippen MR) is 72.0 cm³/mol. The van der Waals surface area contributed by atoms with Crippen molar-refractivity contribution in [2.24, 2.45) is 0 Å². The van der Waals surface area contributed by atoms with Crippen molar-refractivity contribution < 1.29 is 9.90 Å². The summed E-state index contributed by atoms with van der Waals surface area (Å²) in [5.74, 6) is 0.0605. The van der Waals surface area contributed by atoms with E-state index < -0.39 is 0 Å². The Balaban J connectivity index is 2.26. The van der Waals surface area contributed by atoms with Crippen LogP contribution in [-0.2, 0) is 0 Å². The van der Waals surface area contributed by atoms with E-state index in [4.69, 9.17) is 0 Å². The second-order valence-corrected chi connectivity index (χ2v) is 4.25. The van der Waals surface area contributed by atoms with Crippen molar-refractivity contribution in [2.75, 3.05) is 11.9 Å². The molecule has 3 heteroatoms. The van der Waals surface area contributed by atoms with Crippen molar-refractivity contribution in [3.05, 3.63) is 59.7 Å². The molecule has 18 heavy (non-hydrogen) atoms.